The van der Waals surface area contributed by atoms with Gasteiger partial charge in [-0.1, -0.05) is 11.6 Å². The summed E-state index contributed by atoms with van der Waals surface area (Å²) in [7, 11) is 2.26. The minimum Gasteiger partial charge on any atom is -0.508 e. The normalized spacial score (nSPS) is 31.8. The van der Waals surface area contributed by atoms with Crippen molar-refractivity contribution in [2.75, 3.05) is 7.05 Å². The van der Waals surface area contributed by atoms with Crippen LogP contribution in [-0.4, -0.2) is 34.4 Å². The molecule has 0 aliphatic carbocycles. The maximum Gasteiger partial charge on any atom is 0.117 e. The molecule has 98 valence electrons. The van der Waals surface area contributed by atoms with E-state index in [0.29, 0.717) is 10.3 Å². The first-order valence-electron chi connectivity index (χ1n) is 6.50. The number of aromatic hydroxyl groups is 1. The molecule has 0 spiro atoms. The summed E-state index contributed by atoms with van der Waals surface area (Å²) < 4.78 is 0. The summed E-state index contributed by atoms with van der Waals surface area (Å²) in [6, 6.07) is 6.81. The lowest BCUT2D eigenvalue weighted by molar-refractivity contribution is 0.183. The molecule has 2 fully saturated rings. The second kappa shape index (κ2) is 4.95. The van der Waals surface area contributed by atoms with E-state index in [0.717, 1.165) is 17.0 Å². The standard InChI is InChI=1S/C14H18ClNOS/c1-16-9-2-3-10(16)7-12(6-9)18-14-5-4-11(17)8-13(14)15/h4-5,8-10,12,17H,2-3,6-7H2,1H3/t9-,10+,12?. The summed E-state index contributed by atoms with van der Waals surface area (Å²) in [6.45, 7) is 0. The molecule has 4 heteroatoms. The van der Waals surface area contributed by atoms with Crippen LogP contribution in [0.4, 0.5) is 0 Å². The molecule has 1 N–H and O–H groups in total. The lowest BCUT2D eigenvalue weighted by Crippen LogP contribution is -2.40. The molecule has 2 nitrogen and oxygen atoms in total. The number of fused-ring (bicyclic) bond motifs is 2. The first-order valence-corrected chi connectivity index (χ1v) is 7.76. The molecule has 2 bridgehead atoms. The van der Waals surface area contributed by atoms with Crippen LogP contribution in [0.1, 0.15) is 25.7 Å². The predicted molar refractivity (Wildman–Crippen MR) is 76.6 cm³/mol. The summed E-state index contributed by atoms with van der Waals surface area (Å²) in [6.07, 6.45) is 5.22. The Balaban J connectivity index is 1.70. The van der Waals surface area contributed by atoms with E-state index in [4.69, 9.17) is 11.6 Å². The van der Waals surface area contributed by atoms with Crippen molar-refractivity contribution in [3.8, 4) is 5.75 Å². The average Bonchev–Trinajstić information content (AvgIpc) is 2.57. The van der Waals surface area contributed by atoms with Crippen molar-refractivity contribution >= 4 is 23.4 Å². The fourth-order valence-electron chi connectivity index (χ4n) is 3.22. The van der Waals surface area contributed by atoms with Gasteiger partial charge >= 0.3 is 0 Å². The summed E-state index contributed by atoms with van der Waals surface area (Å²) in [5.41, 5.74) is 0. The van der Waals surface area contributed by atoms with Crippen molar-refractivity contribution in [1.29, 1.82) is 0 Å². The van der Waals surface area contributed by atoms with Crippen LogP contribution in [0.3, 0.4) is 0 Å². The van der Waals surface area contributed by atoms with Crippen LogP contribution in [0.2, 0.25) is 5.02 Å². The van der Waals surface area contributed by atoms with Gasteiger partial charge in [0.25, 0.3) is 0 Å². The zero-order valence-corrected chi connectivity index (χ0v) is 12.0. The predicted octanol–water partition coefficient (Wildman–Crippen LogP) is 3.76. The van der Waals surface area contributed by atoms with Gasteiger partial charge in [0.2, 0.25) is 0 Å². The Kier molecular flexibility index (Phi) is 3.48. The fourth-order valence-corrected chi connectivity index (χ4v) is 4.85. The first kappa shape index (κ1) is 12.6. The highest BCUT2D eigenvalue weighted by Crippen LogP contribution is 2.43. The monoisotopic (exact) mass is 283 g/mol. The number of piperidine rings is 1. The van der Waals surface area contributed by atoms with E-state index in [1.807, 2.05) is 17.8 Å². The number of phenolic OH excluding ortho intramolecular Hbond substituents is 1. The largest absolute Gasteiger partial charge is 0.508 e. The number of halogens is 1. The molecule has 2 aliphatic heterocycles. The Hall–Kier alpha value is -0.380. The highest BCUT2D eigenvalue weighted by molar-refractivity contribution is 8.00. The smallest absolute Gasteiger partial charge is 0.117 e. The minimum absolute atomic E-state index is 0.243. The number of rotatable bonds is 2. The highest BCUT2D eigenvalue weighted by Gasteiger charge is 2.38. The quantitative estimate of drug-likeness (QED) is 0.894. The van der Waals surface area contributed by atoms with Crippen LogP contribution in [0.15, 0.2) is 23.1 Å². The zero-order chi connectivity index (χ0) is 12.7. The molecule has 1 aromatic rings. The van der Waals surface area contributed by atoms with E-state index in [-0.39, 0.29) is 5.75 Å². The molecule has 2 aliphatic rings. The Labute approximate surface area is 117 Å². The SMILES string of the molecule is CN1[C@@H]2CC[C@H]1CC(Sc1ccc(O)cc1Cl)C2. The fraction of sp³-hybridized carbons (Fsp3) is 0.571. The number of thioether (sulfide) groups is 1. The highest BCUT2D eigenvalue weighted by atomic mass is 35.5. The van der Waals surface area contributed by atoms with Crippen LogP contribution in [0, 0.1) is 0 Å². The van der Waals surface area contributed by atoms with Gasteiger partial charge in [0.15, 0.2) is 0 Å². The molecule has 18 heavy (non-hydrogen) atoms. The lowest BCUT2D eigenvalue weighted by atomic mass is 10.0. The molecule has 3 atom stereocenters. The summed E-state index contributed by atoms with van der Waals surface area (Å²) in [5.74, 6) is 0.243. The average molecular weight is 284 g/mol. The summed E-state index contributed by atoms with van der Waals surface area (Å²) >= 11 is 8.05. The summed E-state index contributed by atoms with van der Waals surface area (Å²) in [5, 5.41) is 10.7. The topological polar surface area (TPSA) is 23.5 Å². The van der Waals surface area contributed by atoms with Crippen molar-refractivity contribution in [3.63, 3.8) is 0 Å². The van der Waals surface area contributed by atoms with E-state index < -0.39 is 0 Å². The van der Waals surface area contributed by atoms with E-state index in [1.54, 1.807) is 12.1 Å². The van der Waals surface area contributed by atoms with Crippen molar-refractivity contribution in [3.05, 3.63) is 23.2 Å². The van der Waals surface area contributed by atoms with Gasteiger partial charge in [0.05, 0.1) is 5.02 Å². The molecule has 1 unspecified atom stereocenters. The molecule has 0 aromatic heterocycles. The van der Waals surface area contributed by atoms with Crippen LogP contribution in [0.25, 0.3) is 0 Å². The Bertz CT molecular complexity index is 439. The van der Waals surface area contributed by atoms with Gasteiger partial charge in [0.1, 0.15) is 5.75 Å². The Morgan fingerprint density at radius 1 is 1.28 bits per heavy atom. The van der Waals surface area contributed by atoms with Gasteiger partial charge < -0.3 is 10.0 Å². The molecule has 1 aromatic carbocycles. The maximum atomic E-state index is 9.37. The van der Waals surface area contributed by atoms with E-state index in [2.05, 4.69) is 11.9 Å². The lowest BCUT2D eigenvalue weighted by Gasteiger charge is -2.36. The molecule has 2 saturated heterocycles. The molecule has 0 amide bonds. The van der Waals surface area contributed by atoms with E-state index >= 15 is 0 Å². The number of hydrogen-bond donors (Lipinski definition) is 1. The molecule has 2 heterocycles. The first-order chi connectivity index (χ1) is 8.63. The maximum absolute atomic E-state index is 9.37. The van der Waals surface area contributed by atoms with Crippen molar-refractivity contribution in [2.24, 2.45) is 0 Å². The number of benzene rings is 1. The molecule has 3 rings (SSSR count). The van der Waals surface area contributed by atoms with Crippen LogP contribution < -0.4 is 0 Å². The zero-order valence-electron chi connectivity index (χ0n) is 10.5. The third-order valence-electron chi connectivity index (χ3n) is 4.26. The van der Waals surface area contributed by atoms with Gasteiger partial charge in [0, 0.05) is 22.2 Å². The Morgan fingerprint density at radius 2 is 1.94 bits per heavy atom. The van der Waals surface area contributed by atoms with Crippen molar-refractivity contribution < 1.29 is 5.11 Å². The van der Waals surface area contributed by atoms with Crippen LogP contribution >= 0.6 is 23.4 Å². The second-order valence-corrected chi connectivity index (χ2v) is 7.13. The Morgan fingerprint density at radius 3 is 2.56 bits per heavy atom. The van der Waals surface area contributed by atoms with E-state index in [1.165, 1.54) is 25.7 Å². The molecule has 0 saturated carbocycles. The summed E-state index contributed by atoms with van der Waals surface area (Å²) in [4.78, 5) is 3.65. The minimum atomic E-state index is 0.243. The van der Waals surface area contributed by atoms with Crippen molar-refractivity contribution in [2.45, 2.75) is 47.9 Å². The number of phenols is 1. The van der Waals surface area contributed by atoms with Gasteiger partial charge in [-0.25, -0.2) is 0 Å². The van der Waals surface area contributed by atoms with Gasteiger partial charge in [-0.05, 0) is 50.9 Å². The molecular formula is C14H18ClNOS. The van der Waals surface area contributed by atoms with Gasteiger partial charge in [-0.2, -0.15) is 0 Å². The molecule has 0 radical (unpaired) electrons. The number of nitrogens with zero attached hydrogens (tertiary/aromatic N) is 1. The van der Waals surface area contributed by atoms with Crippen LogP contribution in [0.5, 0.6) is 5.75 Å². The van der Waals surface area contributed by atoms with Gasteiger partial charge in [-0.15, -0.1) is 11.8 Å². The number of hydrogen-bond acceptors (Lipinski definition) is 3. The van der Waals surface area contributed by atoms with E-state index in [9.17, 15) is 5.11 Å². The van der Waals surface area contributed by atoms with Gasteiger partial charge in [-0.3, -0.25) is 0 Å². The van der Waals surface area contributed by atoms with Crippen molar-refractivity contribution in [1.82, 2.24) is 4.90 Å². The van der Waals surface area contributed by atoms with Crippen LogP contribution in [-0.2, 0) is 0 Å². The third-order valence-corrected chi connectivity index (χ3v) is 6.02. The third kappa shape index (κ3) is 2.36. The second-order valence-electron chi connectivity index (χ2n) is 5.38. The molecular weight excluding hydrogens is 266 g/mol.